The molecular formula is C20H32N2O2. The smallest absolute Gasteiger partial charge is 0.253 e. The van der Waals surface area contributed by atoms with E-state index >= 15 is 0 Å². The summed E-state index contributed by atoms with van der Waals surface area (Å²) in [6.45, 7) is 11.7. The highest BCUT2D eigenvalue weighted by molar-refractivity contribution is 5.96. The van der Waals surface area contributed by atoms with E-state index in [0.717, 1.165) is 51.0 Å². The molecule has 2 aliphatic rings. The minimum atomic E-state index is -0.180. The second-order valence-electron chi connectivity index (χ2n) is 7.54. The summed E-state index contributed by atoms with van der Waals surface area (Å²) in [4.78, 5) is 29.1. The van der Waals surface area contributed by atoms with Gasteiger partial charge in [-0.25, -0.2) is 0 Å². The third-order valence-electron chi connectivity index (χ3n) is 5.07. The molecule has 0 aromatic rings. The topological polar surface area (TPSA) is 40.6 Å². The van der Waals surface area contributed by atoms with Crippen molar-refractivity contribution >= 4 is 11.8 Å². The van der Waals surface area contributed by atoms with Crippen LogP contribution in [0.1, 0.15) is 47.0 Å². The van der Waals surface area contributed by atoms with E-state index < -0.39 is 0 Å². The van der Waals surface area contributed by atoms with Gasteiger partial charge in [-0.2, -0.15) is 0 Å². The first kappa shape index (κ1) is 18.8. The van der Waals surface area contributed by atoms with Gasteiger partial charge in [-0.1, -0.05) is 45.9 Å². The number of hydrogen-bond acceptors (Lipinski definition) is 2. The minimum absolute atomic E-state index is 0.104. The summed E-state index contributed by atoms with van der Waals surface area (Å²) >= 11 is 0. The van der Waals surface area contributed by atoms with Crippen molar-refractivity contribution in [2.45, 2.75) is 47.0 Å². The Labute approximate surface area is 146 Å². The number of carbonyl (C=O) groups excluding carboxylic acids is 2. The summed E-state index contributed by atoms with van der Waals surface area (Å²) in [5.74, 6) is 1.28. The Balaban J connectivity index is 1.98. The number of hydrogen-bond donors (Lipinski definition) is 0. The third kappa shape index (κ3) is 4.71. The summed E-state index contributed by atoms with van der Waals surface area (Å²) < 4.78 is 0. The van der Waals surface area contributed by atoms with Gasteiger partial charge in [0.05, 0.1) is 5.92 Å². The summed E-state index contributed by atoms with van der Waals surface area (Å²) in [6.07, 6.45) is 8.71. The fraction of sp³-hybridized carbons (Fsp3) is 0.700. The molecule has 2 fully saturated rings. The van der Waals surface area contributed by atoms with E-state index in [4.69, 9.17) is 0 Å². The van der Waals surface area contributed by atoms with Gasteiger partial charge in [0.15, 0.2) is 0 Å². The van der Waals surface area contributed by atoms with Crippen LogP contribution in [0.15, 0.2) is 23.8 Å². The SMILES string of the molecule is CC/C=C(\C=C/C(C)C(=O)N1CCC(C)C1)C(=O)N1CCC(C)C1. The zero-order chi connectivity index (χ0) is 17.7. The van der Waals surface area contributed by atoms with Gasteiger partial charge >= 0.3 is 0 Å². The lowest BCUT2D eigenvalue weighted by Crippen LogP contribution is -2.32. The van der Waals surface area contributed by atoms with Crippen molar-refractivity contribution in [3.8, 4) is 0 Å². The van der Waals surface area contributed by atoms with Crippen LogP contribution in [0.5, 0.6) is 0 Å². The van der Waals surface area contributed by atoms with Crippen molar-refractivity contribution in [2.75, 3.05) is 26.2 Å². The zero-order valence-corrected chi connectivity index (χ0v) is 15.6. The molecule has 2 amide bonds. The van der Waals surface area contributed by atoms with Gasteiger partial charge < -0.3 is 9.80 Å². The van der Waals surface area contributed by atoms with E-state index in [-0.39, 0.29) is 17.7 Å². The molecular weight excluding hydrogens is 300 g/mol. The van der Waals surface area contributed by atoms with Gasteiger partial charge in [-0.05, 0) is 31.1 Å². The largest absolute Gasteiger partial charge is 0.342 e. The first-order chi connectivity index (χ1) is 11.4. The molecule has 0 aromatic carbocycles. The van der Waals surface area contributed by atoms with Crippen molar-refractivity contribution in [3.63, 3.8) is 0 Å². The van der Waals surface area contributed by atoms with Crippen molar-refractivity contribution in [1.29, 1.82) is 0 Å². The lowest BCUT2D eigenvalue weighted by molar-refractivity contribution is -0.132. The van der Waals surface area contributed by atoms with Crippen LogP contribution in [0.25, 0.3) is 0 Å². The Kier molecular flexibility index (Phi) is 6.64. The summed E-state index contributed by atoms with van der Waals surface area (Å²) in [7, 11) is 0. The van der Waals surface area contributed by atoms with Crippen LogP contribution in [-0.4, -0.2) is 47.8 Å². The van der Waals surface area contributed by atoms with Gasteiger partial charge in [-0.15, -0.1) is 0 Å². The van der Waals surface area contributed by atoms with Crippen LogP contribution < -0.4 is 0 Å². The van der Waals surface area contributed by atoms with Crippen LogP contribution in [0.3, 0.4) is 0 Å². The maximum absolute atomic E-state index is 12.7. The molecule has 0 spiro atoms. The monoisotopic (exact) mass is 332 g/mol. The highest BCUT2D eigenvalue weighted by Crippen LogP contribution is 2.20. The van der Waals surface area contributed by atoms with Crippen molar-refractivity contribution in [1.82, 2.24) is 9.80 Å². The molecule has 4 nitrogen and oxygen atoms in total. The van der Waals surface area contributed by atoms with Crippen molar-refractivity contribution < 1.29 is 9.59 Å². The van der Waals surface area contributed by atoms with Crippen molar-refractivity contribution in [2.24, 2.45) is 17.8 Å². The second kappa shape index (κ2) is 8.50. The number of likely N-dealkylation sites (tertiary alicyclic amines) is 2. The number of amides is 2. The predicted octanol–water partition coefficient (Wildman–Crippen LogP) is 3.25. The molecule has 3 atom stereocenters. The molecule has 0 saturated carbocycles. The van der Waals surface area contributed by atoms with E-state index in [1.165, 1.54) is 0 Å². The van der Waals surface area contributed by atoms with E-state index in [2.05, 4.69) is 13.8 Å². The highest BCUT2D eigenvalue weighted by atomic mass is 16.2. The number of carbonyl (C=O) groups is 2. The summed E-state index contributed by atoms with van der Waals surface area (Å²) in [5.41, 5.74) is 0.723. The van der Waals surface area contributed by atoms with E-state index in [1.54, 1.807) is 0 Å². The zero-order valence-electron chi connectivity index (χ0n) is 15.6. The van der Waals surface area contributed by atoms with Crippen LogP contribution in [-0.2, 0) is 9.59 Å². The lowest BCUT2D eigenvalue weighted by Gasteiger charge is -2.19. The lowest BCUT2D eigenvalue weighted by atomic mass is 10.1. The Morgan fingerprint density at radius 1 is 1.08 bits per heavy atom. The predicted molar refractivity (Wildman–Crippen MR) is 97.4 cm³/mol. The van der Waals surface area contributed by atoms with Gasteiger partial charge in [-0.3, -0.25) is 9.59 Å². The Morgan fingerprint density at radius 3 is 2.17 bits per heavy atom. The average molecular weight is 332 g/mol. The number of nitrogens with zero attached hydrogens (tertiary/aromatic N) is 2. The Bertz CT molecular complexity index is 524. The summed E-state index contributed by atoms with van der Waals surface area (Å²) in [6, 6.07) is 0. The standard InChI is InChI=1S/C20H32N2O2/c1-5-6-18(20(24)22-12-10-16(3)14-22)8-7-17(4)19(23)21-11-9-15(2)13-21/h6-8,15-17H,5,9-14H2,1-4H3/b8-7-,18-6+. The molecule has 0 radical (unpaired) electrons. The second-order valence-corrected chi connectivity index (χ2v) is 7.54. The molecule has 0 aliphatic carbocycles. The molecule has 2 rings (SSSR count). The first-order valence-electron chi connectivity index (χ1n) is 9.38. The van der Waals surface area contributed by atoms with Crippen LogP contribution in [0, 0.1) is 17.8 Å². The van der Waals surface area contributed by atoms with Gasteiger partial charge in [0.25, 0.3) is 5.91 Å². The van der Waals surface area contributed by atoms with Crippen LogP contribution in [0.2, 0.25) is 0 Å². The maximum Gasteiger partial charge on any atom is 0.253 e. The van der Waals surface area contributed by atoms with Gasteiger partial charge in [0.2, 0.25) is 5.91 Å². The minimum Gasteiger partial charge on any atom is -0.342 e. The molecule has 4 heteroatoms. The molecule has 134 valence electrons. The maximum atomic E-state index is 12.7. The quantitative estimate of drug-likeness (QED) is 0.573. The van der Waals surface area contributed by atoms with Crippen LogP contribution in [0.4, 0.5) is 0 Å². The first-order valence-corrected chi connectivity index (χ1v) is 9.38. The molecule has 0 bridgehead atoms. The van der Waals surface area contributed by atoms with E-state index in [0.29, 0.717) is 11.8 Å². The molecule has 2 heterocycles. The average Bonchev–Trinajstić information content (AvgIpc) is 3.18. The van der Waals surface area contributed by atoms with Crippen LogP contribution >= 0.6 is 0 Å². The third-order valence-corrected chi connectivity index (χ3v) is 5.07. The molecule has 2 aliphatic heterocycles. The summed E-state index contributed by atoms with van der Waals surface area (Å²) in [5, 5.41) is 0. The number of rotatable bonds is 5. The van der Waals surface area contributed by atoms with E-state index in [1.807, 2.05) is 41.9 Å². The van der Waals surface area contributed by atoms with Gasteiger partial charge in [0.1, 0.15) is 0 Å². The molecule has 0 N–H and O–H groups in total. The van der Waals surface area contributed by atoms with Gasteiger partial charge in [0, 0.05) is 31.8 Å². The molecule has 3 unspecified atom stereocenters. The highest BCUT2D eigenvalue weighted by Gasteiger charge is 2.27. The molecule has 2 saturated heterocycles. The Morgan fingerprint density at radius 2 is 1.67 bits per heavy atom. The fourth-order valence-corrected chi connectivity index (χ4v) is 3.50. The normalized spacial score (nSPS) is 26.4. The van der Waals surface area contributed by atoms with E-state index in [9.17, 15) is 9.59 Å². The van der Waals surface area contributed by atoms with Crippen molar-refractivity contribution in [3.05, 3.63) is 23.8 Å². The fourth-order valence-electron chi connectivity index (χ4n) is 3.50. The number of allylic oxidation sites excluding steroid dienone is 1. The Hall–Kier alpha value is -1.58. The molecule has 24 heavy (non-hydrogen) atoms. The molecule has 0 aromatic heterocycles.